The number of fused-ring (bicyclic) bond motifs is 1. The molecule has 0 saturated carbocycles. The molecule has 8 nitrogen and oxygen atoms in total. The Labute approximate surface area is 168 Å². The molecular weight excluding hydrogens is 374 g/mol. The van der Waals surface area contributed by atoms with Crippen LogP contribution in [0.3, 0.4) is 0 Å². The van der Waals surface area contributed by atoms with E-state index in [2.05, 4.69) is 5.43 Å². The van der Waals surface area contributed by atoms with E-state index in [4.69, 9.17) is 9.47 Å². The fraction of sp³-hybridized carbons (Fsp3) is 0.286. The summed E-state index contributed by atoms with van der Waals surface area (Å²) in [5, 5.41) is 1.23. The molecule has 150 valence electrons. The van der Waals surface area contributed by atoms with Gasteiger partial charge in [-0.2, -0.15) is 0 Å². The van der Waals surface area contributed by atoms with Crippen molar-refractivity contribution in [2.24, 2.45) is 0 Å². The van der Waals surface area contributed by atoms with Gasteiger partial charge in [0.1, 0.15) is 0 Å². The summed E-state index contributed by atoms with van der Waals surface area (Å²) in [5.74, 6) is 0.889. The first-order chi connectivity index (χ1) is 14.0. The van der Waals surface area contributed by atoms with Gasteiger partial charge in [-0.15, -0.1) is 0 Å². The molecule has 2 aromatic carbocycles. The average molecular weight is 395 g/mol. The minimum atomic E-state index is -0.203. The summed E-state index contributed by atoms with van der Waals surface area (Å²) in [7, 11) is 0. The smallest absolute Gasteiger partial charge is 0.254 e. The van der Waals surface area contributed by atoms with Gasteiger partial charge in [-0.3, -0.25) is 19.8 Å². The molecule has 1 N–H and O–H groups in total. The van der Waals surface area contributed by atoms with E-state index in [9.17, 15) is 14.4 Å². The van der Waals surface area contributed by atoms with Crippen molar-refractivity contribution in [1.29, 1.82) is 0 Å². The largest absolute Gasteiger partial charge is 0.454 e. The predicted molar refractivity (Wildman–Crippen MR) is 104 cm³/mol. The minimum Gasteiger partial charge on any atom is -0.454 e. The SMILES string of the molecule is CCN(Cc1ccc2c(c1)OCO2)C(=O)c1ccc(N2NC(=O)CCC2=O)cc1. The number of amides is 3. The van der Waals surface area contributed by atoms with Crippen LogP contribution in [0.1, 0.15) is 35.7 Å². The Kier molecular flexibility index (Phi) is 5.07. The first-order valence-electron chi connectivity index (χ1n) is 9.45. The van der Waals surface area contributed by atoms with E-state index in [1.807, 2.05) is 25.1 Å². The van der Waals surface area contributed by atoms with Crippen molar-refractivity contribution in [3.05, 3.63) is 53.6 Å². The molecule has 4 rings (SSSR count). The molecule has 2 heterocycles. The molecule has 1 saturated heterocycles. The van der Waals surface area contributed by atoms with Crippen molar-refractivity contribution in [2.75, 3.05) is 18.3 Å². The lowest BCUT2D eigenvalue weighted by molar-refractivity contribution is -0.130. The number of nitrogens with zero attached hydrogens (tertiary/aromatic N) is 2. The normalized spacial score (nSPS) is 15.3. The van der Waals surface area contributed by atoms with Crippen LogP contribution in [0, 0.1) is 0 Å². The van der Waals surface area contributed by atoms with E-state index < -0.39 is 0 Å². The molecule has 0 unspecified atom stereocenters. The van der Waals surface area contributed by atoms with Gasteiger partial charge >= 0.3 is 0 Å². The van der Waals surface area contributed by atoms with Crippen LogP contribution in [-0.2, 0) is 16.1 Å². The first-order valence-corrected chi connectivity index (χ1v) is 9.45. The van der Waals surface area contributed by atoms with Gasteiger partial charge in [0.2, 0.25) is 18.6 Å². The summed E-state index contributed by atoms with van der Waals surface area (Å²) in [6, 6.07) is 12.3. The standard InChI is InChI=1S/C21H21N3O5/c1-2-23(12-14-3-8-17-18(11-14)29-13-28-17)21(27)15-4-6-16(7-5-15)24-20(26)10-9-19(25)22-24/h3-8,11H,2,9-10,12-13H2,1H3,(H,22,25). The number of rotatable bonds is 5. The topological polar surface area (TPSA) is 88.2 Å². The Bertz CT molecular complexity index is 957. The maximum atomic E-state index is 12.9. The summed E-state index contributed by atoms with van der Waals surface area (Å²) in [5.41, 5.74) is 4.53. The highest BCUT2D eigenvalue weighted by atomic mass is 16.7. The lowest BCUT2D eigenvalue weighted by atomic mass is 10.1. The molecule has 3 amide bonds. The molecule has 2 aliphatic heterocycles. The van der Waals surface area contributed by atoms with Crippen molar-refractivity contribution in [1.82, 2.24) is 10.3 Å². The number of anilines is 1. The van der Waals surface area contributed by atoms with E-state index in [1.165, 1.54) is 5.01 Å². The zero-order valence-corrected chi connectivity index (χ0v) is 16.0. The van der Waals surface area contributed by atoms with Crippen molar-refractivity contribution in [3.8, 4) is 11.5 Å². The lowest BCUT2D eigenvalue weighted by Crippen LogP contribution is -2.50. The van der Waals surface area contributed by atoms with E-state index >= 15 is 0 Å². The Morgan fingerprint density at radius 2 is 1.83 bits per heavy atom. The van der Waals surface area contributed by atoms with Crippen LogP contribution >= 0.6 is 0 Å². The molecule has 0 atom stereocenters. The Balaban J connectivity index is 1.47. The van der Waals surface area contributed by atoms with E-state index in [1.54, 1.807) is 29.2 Å². The van der Waals surface area contributed by atoms with Gasteiger partial charge in [-0.1, -0.05) is 6.07 Å². The third kappa shape index (κ3) is 3.87. The molecule has 2 aliphatic rings. The molecule has 0 bridgehead atoms. The van der Waals surface area contributed by atoms with Crippen molar-refractivity contribution in [2.45, 2.75) is 26.3 Å². The highest BCUT2D eigenvalue weighted by Crippen LogP contribution is 2.33. The fourth-order valence-corrected chi connectivity index (χ4v) is 3.31. The summed E-state index contributed by atoms with van der Waals surface area (Å²) in [6.45, 7) is 3.10. The summed E-state index contributed by atoms with van der Waals surface area (Å²) in [4.78, 5) is 38.2. The average Bonchev–Trinajstić information content (AvgIpc) is 3.21. The number of hydrogen-bond acceptors (Lipinski definition) is 5. The third-order valence-corrected chi connectivity index (χ3v) is 4.90. The molecule has 0 spiro atoms. The second kappa shape index (κ2) is 7.83. The molecule has 0 aliphatic carbocycles. The summed E-state index contributed by atoms with van der Waals surface area (Å²) >= 11 is 0. The number of hydrazine groups is 1. The fourth-order valence-electron chi connectivity index (χ4n) is 3.31. The number of hydrogen-bond donors (Lipinski definition) is 1. The number of carbonyl (C=O) groups excluding carboxylic acids is 3. The van der Waals surface area contributed by atoms with Crippen LogP contribution in [-0.4, -0.2) is 36.0 Å². The molecule has 0 radical (unpaired) electrons. The van der Waals surface area contributed by atoms with Crippen molar-refractivity contribution >= 4 is 23.4 Å². The summed E-state index contributed by atoms with van der Waals surface area (Å²) < 4.78 is 10.7. The van der Waals surface area contributed by atoms with E-state index in [0.29, 0.717) is 35.8 Å². The molecule has 0 aromatic heterocycles. The first kappa shape index (κ1) is 18.8. The second-order valence-corrected chi connectivity index (χ2v) is 6.82. The van der Waals surface area contributed by atoms with Gasteiger partial charge in [0, 0.05) is 31.5 Å². The Morgan fingerprint density at radius 3 is 2.59 bits per heavy atom. The van der Waals surface area contributed by atoms with Gasteiger partial charge in [0.25, 0.3) is 5.91 Å². The predicted octanol–water partition coefficient (Wildman–Crippen LogP) is 2.24. The Morgan fingerprint density at radius 1 is 1.07 bits per heavy atom. The van der Waals surface area contributed by atoms with Gasteiger partial charge < -0.3 is 14.4 Å². The zero-order valence-electron chi connectivity index (χ0n) is 16.0. The molecule has 29 heavy (non-hydrogen) atoms. The van der Waals surface area contributed by atoms with Gasteiger partial charge in [0.15, 0.2) is 11.5 Å². The van der Waals surface area contributed by atoms with Crippen LogP contribution in [0.5, 0.6) is 11.5 Å². The number of carbonyl (C=O) groups is 3. The van der Waals surface area contributed by atoms with Crippen LogP contribution in [0.4, 0.5) is 5.69 Å². The number of nitrogens with one attached hydrogen (secondary N) is 1. The van der Waals surface area contributed by atoms with Crippen molar-refractivity contribution in [3.63, 3.8) is 0 Å². The van der Waals surface area contributed by atoms with Crippen molar-refractivity contribution < 1.29 is 23.9 Å². The lowest BCUT2D eigenvalue weighted by Gasteiger charge is -2.27. The highest BCUT2D eigenvalue weighted by molar-refractivity contribution is 6.01. The Hall–Kier alpha value is -3.55. The summed E-state index contributed by atoms with van der Waals surface area (Å²) in [6.07, 6.45) is 0.364. The quantitative estimate of drug-likeness (QED) is 0.839. The van der Waals surface area contributed by atoms with Gasteiger partial charge in [-0.05, 0) is 48.9 Å². The maximum absolute atomic E-state index is 12.9. The van der Waals surface area contributed by atoms with Gasteiger partial charge in [-0.25, -0.2) is 5.01 Å². The monoisotopic (exact) mass is 395 g/mol. The van der Waals surface area contributed by atoms with Crippen LogP contribution in [0.25, 0.3) is 0 Å². The minimum absolute atomic E-state index is 0.120. The van der Waals surface area contributed by atoms with Crippen LogP contribution in [0.15, 0.2) is 42.5 Å². The zero-order chi connectivity index (χ0) is 20.4. The van der Waals surface area contributed by atoms with E-state index in [0.717, 1.165) is 5.56 Å². The maximum Gasteiger partial charge on any atom is 0.254 e. The third-order valence-electron chi connectivity index (χ3n) is 4.90. The van der Waals surface area contributed by atoms with Crippen LogP contribution in [0.2, 0.25) is 0 Å². The second-order valence-electron chi connectivity index (χ2n) is 6.82. The highest BCUT2D eigenvalue weighted by Gasteiger charge is 2.25. The number of benzene rings is 2. The molecule has 2 aromatic rings. The molecular formula is C21H21N3O5. The molecule has 8 heteroatoms. The van der Waals surface area contributed by atoms with Crippen LogP contribution < -0.4 is 19.9 Å². The number of ether oxygens (including phenoxy) is 2. The van der Waals surface area contributed by atoms with Gasteiger partial charge in [0.05, 0.1) is 5.69 Å². The van der Waals surface area contributed by atoms with E-state index in [-0.39, 0.29) is 37.4 Å². The molecule has 1 fully saturated rings.